The van der Waals surface area contributed by atoms with Gasteiger partial charge in [-0.05, 0) is 73.0 Å². The van der Waals surface area contributed by atoms with Crippen LogP contribution in [-0.2, 0) is 67.7 Å². The van der Waals surface area contributed by atoms with Crippen LogP contribution in [0.5, 0.6) is 0 Å². The van der Waals surface area contributed by atoms with Crippen molar-refractivity contribution in [3.8, 4) is 0 Å². The smallest absolute Gasteiger partial charge is 0.550 e. The SMILES string of the molecule is O=C([O-])CCSCCC(=O)[O-].O=C([O-])CCSCCC(=O)[O-].O=C([O-])CCSCCC(=O)[O-].[Ru+3].[Ru+3]. The van der Waals surface area contributed by atoms with Gasteiger partial charge in [0.15, 0.2) is 0 Å². The molecule has 35 heavy (non-hydrogen) atoms. The largest absolute Gasteiger partial charge is 3.00 e. The minimum atomic E-state index is -1.11. The van der Waals surface area contributed by atoms with E-state index >= 15 is 0 Å². The number of hydrogen-bond acceptors (Lipinski definition) is 15. The van der Waals surface area contributed by atoms with E-state index in [1.165, 1.54) is 35.3 Å². The maximum Gasteiger partial charge on any atom is 3.00 e. The van der Waals surface area contributed by atoms with E-state index in [0.29, 0.717) is 34.5 Å². The maximum absolute atomic E-state index is 9.84. The van der Waals surface area contributed by atoms with E-state index in [0.717, 1.165) is 0 Å². The molecule has 0 saturated carbocycles. The Morgan fingerprint density at radius 2 is 0.457 bits per heavy atom. The van der Waals surface area contributed by atoms with Gasteiger partial charge in [0, 0.05) is 35.8 Å². The molecular weight excluding hydrogens is 707 g/mol. The predicted molar refractivity (Wildman–Crippen MR) is 110 cm³/mol. The average molecular weight is 731 g/mol. The van der Waals surface area contributed by atoms with E-state index < -0.39 is 35.8 Å². The molecule has 0 N–H and O–H groups in total. The van der Waals surface area contributed by atoms with Gasteiger partial charge in [-0.25, -0.2) is 0 Å². The monoisotopic (exact) mass is 732 g/mol. The van der Waals surface area contributed by atoms with Gasteiger partial charge >= 0.3 is 39.0 Å². The standard InChI is InChI=1S/3C6H10O4S.2Ru/c3*7-5(8)1-3-11-4-2-6(9)10;;/h3*1-4H2,(H,7,8)(H,9,10);;/q;;;2*+3/p-6. The molecule has 17 heteroatoms. The molecule has 0 bridgehead atoms. The number of thioether (sulfide) groups is 3. The normalized spacial score (nSPS) is 8.91. The third kappa shape index (κ3) is 60.0. The van der Waals surface area contributed by atoms with Crippen LogP contribution in [0.2, 0.25) is 0 Å². The van der Waals surface area contributed by atoms with Gasteiger partial charge in [0.1, 0.15) is 0 Å². The number of carbonyl (C=O) groups is 6. The summed E-state index contributed by atoms with van der Waals surface area (Å²) in [5, 5.41) is 59.1. The summed E-state index contributed by atoms with van der Waals surface area (Å²) in [5.74, 6) is -4.24. The first-order chi connectivity index (χ1) is 15.4. The second-order valence-electron chi connectivity index (χ2n) is 5.57. The summed E-state index contributed by atoms with van der Waals surface area (Å²) < 4.78 is 0. The minimum absolute atomic E-state index is 0. The summed E-state index contributed by atoms with van der Waals surface area (Å²) in [7, 11) is 0. The van der Waals surface area contributed by atoms with Crippen molar-refractivity contribution < 1.29 is 98.4 Å². The van der Waals surface area contributed by atoms with Crippen LogP contribution in [0, 0.1) is 0 Å². The first-order valence-corrected chi connectivity index (χ1v) is 12.8. The van der Waals surface area contributed by atoms with Gasteiger partial charge < -0.3 is 59.4 Å². The van der Waals surface area contributed by atoms with Crippen LogP contribution in [0.25, 0.3) is 0 Å². The molecule has 0 unspecified atom stereocenters. The molecular formula is C18H24O12Ru2S3. The zero-order chi connectivity index (χ0) is 26.1. The van der Waals surface area contributed by atoms with Crippen LogP contribution in [0.1, 0.15) is 38.5 Å². The summed E-state index contributed by atoms with van der Waals surface area (Å²) in [6.45, 7) is 0. The Morgan fingerprint density at radius 1 is 0.343 bits per heavy atom. The van der Waals surface area contributed by atoms with Crippen LogP contribution in [0.15, 0.2) is 0 Å². The summed E-state index contributed by atoms with van der Waals surface area (Å²) in [6, 6.07) is 0. The van der Waals surface area contributed by atoms with E-state index in [2.05, 4.69) is 0 Å². The molecule has 202 valence electrons. The fourth-order valence-corrected chi connectivity index (χ4v) is 3.72. The topological polar surface area (TPSA) is 241 Å². The molecule has 0 aromatic carbocycles. The summed E-state index contributed by atoms with van der Waals surface area (Å²) in [5.41, 5.74) is 0. The Morgan fingerprint density at radius 3 is 0.543 bits per heavy atom. The quantitative estimate of drug-likeness (QED) is 0.0942. The molecule has 0 aliphatic heterocycles. The Labute approximate surface area is 241 Å². The summed E-state index contributed by atoms with van der Waals surface area (Å²) >= 11 is 3.80. The number of carboxylic acid groups (broad SMARTS) is 6. The van der Waals surface area contributed by atoms with Crippen LogP contribution in [-0.4, -0.2) is 70.3 Å². The molecule has 0 saturated heterocycles. The zero-order valence-electron chi connectivity index (χ0n) is 18.3. The van der Waals surface area contributed by atoms with Crippen molar-refractivity contribution in [2.75, 3.05) is 34.5 Å². The van der Waals surface area contributed by atoms with Gasteiger partial charge in [-0.3, -0.25) is 0 Å². The van der Waals surface area contributed by atoms with Gasteiger partial charge in [-0.1, -0.05) is 0 Å². The maximum atomic E-state index is 9.84. The molecule has 0 aliphatic rings. The second-order valence-corrected chi connectivity index (χ2v) is 9.24. The molecule has 0 aromatic rings. The van der Waals surface area contributed by atoms with Crippen LogP contribution >= 0.6 is 35.3 Å². The van der Waals surface area contributed by atoms with Crippen molar-refractivity contribution in [2.45, 2.75) is 38.5 Å². The second kappa shape index (κ2) is 33.1. The number of carboxylic acids is 6. The Bertz CT molecular complexity index is 480. The number of hydrogen-bond donors (Lipinski definition) is 0. The van der Waals surface area contributed by atoms with Gasteiger partial charge in [0.05, 0.1) is 0 Å². The summed E-state index contributed by atoms with van der Waals surface area (Å²) in [6.07, 6.45) is -0.180. The first kappa shape index (κ1) is 44.1. The van der Waals surface area contributed by atoms with Gasteiger partial charge in [0.2, 0.25) is 0 Å². The van der Waals surface area contributed by atoms with Crippen molar-refractivity contribution >= 4 is 71.1 Å². The van der Waals surface area contributed by atoms with E-state index in [1.54, 1.807) is 0 Å². The molecule has 0 spiro atoms. The first-order valence-electron chi connectivity index (χ1n) is 9.30. The Hall–Kier alpha value is -0.883. The Balaban J connectivity index is -0.000000125. The molecule has 12 nitrogen and oxygen atoms in total. The van der Waals surface area contributed by atoms with Crippen molar-refractivity contribution in [3.63, 3.8) is 0 Å². The van der Waals surface area contributed by atoms with Crippen LogP contribution in [0.4, 0.5) is 0 Å². The van der Waals surface area contributed by atoms with Gasteiger partial charge in [-0.15, -0.1) is 0 Å². The number of carbonyl (C=O) groups excluding carboxylic acids is 6. The Kier molecular flexibility index (Phi) is 41.8. The van der Waals surface area contributed by atoms with Crippen LogP contribution < -0.4 is 30.6 Å². The zero-order valence-corrected chi connectivity index (χ0v) is 24.2. The number of aliphatic carboxylic acids is 6. The fourth-order valence-electron chi connectivity index (χ4n) is 1.24. The van der Waals surface area contributed by atoms with Gasteiger partial charge in [-0.2, -0.15) is 35.3 Å². The molecule has 0 atom stereocenters. The van der Waals surface area contributed by atoms with E-state index in [4.69, 9.17) is 0 Å². The molecule has 0 aromatic heterocycles. The van der Waals surface area contributed by atoms with Crippen molar-refractivity contribution in [2.24, 2.45) is 0 Å². The van der Waals surface area contributed by atoms with Gasteiger partial charge in [0.25, 0.3) is 0 Å². The summed E-state index contributed by atoms with van der Waals surface area (Å²) in [4.78, 5) is 59.1. The third-order valence-electron chi connectivity index (χ3n) is 2.70. The molecule has 0 fully saturated rings. The molecule has 2 radical (unpaired) electrons. The van der Waals surface area contributed by atoms with Crippen molar-refractivity contribution in [3.05, 3.63) is 0 Å². The minimum Gasteiger partial charge on any atom is -0.550 e. The molecule has 0 rings (SSSR count). The molecule has 0 heterocycles. The van der Waals surface area contributed by atoms with E-state index in [1.807, 2.05) is 0 Å². The fraction of sp³-hybridized carbons (Fsp3) is 0.667. The van der Waals surface area contributed by atoms with E-state index in [9.17, 15) is 59.4 Å². The van der Waals surface area contributed by atoms with E-state index in [-0.39, 0.29) is 77.5 Å². The number of rotatable bonds is 18. The average Bonchev–Trinajstić information content (AvgIpc) is 2.67. The van der Waals surface area contributed by atoms with Crippen LogP contribution in [0.3, 0.4) is 0 Å². The van der Waals surface area contributed by atoms with Crippen molar-refractivity contribution in [1.29, 1.82) is 0 Å². The molecule has 0 aliphatic carbocycles. The predicted octanol–water partition coefficient (Wildman–Crippen LogP) is -6.01. The third-order valence-corrected chi connectivity index (χ3v) is 5.66. The van der Waals surface area contributed by atoms with Crippen molar-refractivity contribution in [1.82, 2.24) is 0 Å². The molecule has 0 amide bonds.